The van der Waals surface area contributed by atoms with Crippen LogP contribution in [-0.2, 0) is 20.9 Å². The number of esters is 1. The summed E-state index contributed by atoms with van der Waals surface area (Å²) in [5, 5.41) is 7.32. The lowest BCUT2D eigenvalue weighted by Crippen LogP contribution is -2.41. The number of para-hydroxylation sites is 2. The second kappa shape index (κ2) is 9.69. The molecule has 2 heterocycles. The first kappa shape index (κ1) is 23.5. The number of amides is 2. The van der Waals surface area contributed by atoms with Crippen molar-refractivity contribution in [3.8, 4) is 0 Å². The van der Waals surface area contributed by atoms with E-state index in [0.29, 0.717) is 23.6 Å². The van der Waals surface area contributed by atoms with Crippen molar-refractivity contribution in [2.45, 2.75) is 39.8 Å². The van der Waals surface area contributed by atoms with Crippen LogP contribution in [0.2, 0.25) is 5.15 Å². The van der Waals surface area contributed by atoms with Crippen molar-refractivity contribution in [2.24, 2.45) is 0 Å². The Hall–Kier alpha value is -3.65. The van der Waals surface area contributed by atoms with Gasteiger partial charge in [0.15, 0.2) is 6.61 Å². The number of hydrogen-bond acceptors (Lipinski definition) is 5. The molecule has 1 aromatic heterocycles. The minimum Gasteiger partial charge on any atom is -0.452 e. The van der Waals surface area contributed by atoms with E-state index in [1.54, 1.807) is 38.1 Å². The molecule has 1 unspecified atom stereocenters. The van der Waals surface area contributed by atoms with Crippen molar-refractivity contribution in [1.82, 2.24) is 9.78 Å². The third-order valence-corrected chi connectivity index (χ3v) is 6.06. The first-order valence-electron chi connectivity index (χ1n) is 10.9. The third-order valence-electron chi connectivity index (χ3n) is 5.68. The molecule has 0 fully saturated rings. The largest absolute Gasteiger partial charge is 0.452 e. The molecule has 0 aliphatic carbocycles. The number of benzene rings is 2. The van der Waals surface area contributed by atoms with E-state index in [0.717, 1.165) is 11.1 Å². The quantitative estimate of drug-likeness (QED) is 0.554. The van der Waals surface area contributed by atoms with Crippen LogP contribution in [0.3, 0.4) is 0 Å². The van der Waals surface area contributed by atoms with Crippen LogP contribution in [0.5, 0.6) is 0 Å². The molecule has 9 heteroatoms. The van der Waals surface area contributed by atoms with Crippen LogP contribution in [0.4, 0.5) is 11.4 Å². The number of hydrogen-bond donors (Lipinski definition) is 1. The molecule has 8 nitrogen and oxygen atoms in total. The second-order valence-electron chi connectivity index (χ2n) is 8.35. The number of carbonyl (C=O) groups excluding carboxylic acids is 3. The van der Waals surface area contributed by atoms with Crippen LogP contribution in [0, 0.1) is 13.8 Å². The zero-order chi connectivity index (χ0) is 24.4. The molecule has 0 saturated heterocycles. The van der Waals surface area contributed by atoms with Crippen molar-refractivity contribution in [3.05, 3.63) is 76.1 Å². The predicted octanol–water partition coefficient (Wildman–Crippen LogP) is 4.12. The predicted molar refractivity (Wildman–Crippen MR) is 129 cm³/mol. The lowest BCUT2D eigenvalue weighted by atomic mass is 10.1. The summed E-state index contributed by atoms with van der Waals surface area (Å²) in [4.78, 5) is 39.5. The van der Waals surface area contributed by atoms with E-state index in [2.05, 4.69) is 10.4 Å². The fourth-order valence-corrected chi connectivity index (χ4v) is 4.30. The number of anilines is 2. The fourth-order valence-electron chi connectivity index (χ4n) is 3.99. The Labute approximate surface area is 202 Å². The number of ether oxygens (including phenoxy) is 1. The summed E-state index contributed by atoms with van der Waals surface area (Å²) in [5.41, 5.74) is 3.76. The summed E-state index contributed by atoms with van der Waals surface area (Å²) in [5.74, 6) is -1.35. The van der Waals surface area contributed by atoms with Crippen LogP contribution >= 0.6 is 11.6 Å². The lowest BCUT2D eigenvalue weighted by Gasteiger charge is -2.27. The van der Waals surface area contributed by atoms with Gasteiger partial charge in [0.05, 0.1) is 23.6 Å². The number of fused-ring (bicyclic) bond motifs is 1. The van der Waals surface area contributed by atoms with Crippen molar-refractivity contribution in [3.63, 3.8) is 0 Å². The van der Waals surface area contributed by atoms with Gasteiger partial charge in [-0.3, -0.25) is 9.59 Å². The first-order valence-corrected chi connectivity index (χ1v) is 11.3. The van der Waals surface area contributed by atoms with Crippen LogP contribution in [-0.4, -0.2) is 40.2 Å². The SMILES string of the molecule is Cc1ccc(Cn2nc(C)c(C(=O)OCC(=O)N3c4ccccc4NC(=O)CC3C)c2Cl)cc1. The molecule has 2 aromatic carbocycles. The van der Waals surface area contributed by atoms with E-state index < -0.39 is 24.5 Å². The minimum atomic E-state index is -0.726. The van der Waals surface area contributed by atoms with Gasteiger partial charge < -0.3 is 15.0 Å². The monoisotopic (exact) mass is 480 g/mol. The van der Waals surface area contributed by atoms with E-state index in [4.69, 9.17) is 16.3 Å². The number of aromatic nitrogens is 2. The molecule has 34 heavy (non-hydrogen) atoms. The van der Waals surface area contributed by atoms with E-state index in [1.165, 1.54) is 9.58 Å². The first-order chi connectivity index (χ1) is 16.2. The molecule has 0 saturated carbocycles. The molecular formula is C25H25ClN4O4. The number of nitrogens with one attached hydrogen (secondary N) is 1. The number of carbonyl (C=O) groups is 3. The Morgan fingerprint density at radius 2 is 1.85 bits per heavy atom. The van der Waals surface area contributed by atoms with Gasteiger partial charge in [-0.05, 0) is 38.5 Å². The topological polar surface area (TPSA) is 93.5 Å². The van der Waals surface area contributed by atoms with Gasteiger partial charge in [0.2, 0.25) is 5.91 Å². The number of nitrogens with zero attached hydrogens (tertiary/aromatic N) is 3. The number of halogens is 1. The maximum atomic E-state index is 13.1. The van der Waals surface area contributed by atoms with Gasteiger partial charge in [-0.1, -0.05) is 53.6 Å². The summed E-state index contributed by atoms with van der Waals surface area (Å²) < 4.78 is 6.87. The van der Waals surface area contributed by atoms with Gasteiger partial charge in [-0.25, -0.2) is 9.48 Å². The molecular weight excluding hydrogens is 456 g/mol. The molecule has 2 amide bonds. The second-order valence-corrected chi connectivity index (χ2v) is 8.71. The van der Waals surface area contributed by atoms with Gasteiger partial charge in [0, 0.05) is 12.5 Å². The minimum absolute atomic E-state index is 0.128. The molecule has 0 bridgehead atoms. The molecule has 1 aliphatic rings. The average molecular weight is 481 g/mol. The standard InChI is InChI=1S/C25H25ClN4O4/c1-15-8-10-18(11-9-15)13-29-24(26)23(17(3)28-29)25(33)34-14-22(32)30-16(2)12-21(31)27-19-6-4-5-7-20(19)30/h4-11,16H,12-14H2,1-3H3,(H,27,31). The summed E-state index contributed by atoms with van der Waals surface area (Å²) in [6.07, 6.45) is 0.130. The molecule has 0 radical (unpaired) electrons. The molecule has 1 N–H and O–H groups in total. The maximum absolute atomic E-state index is 13.1. The van der Waals surface area contributed by atoms with E-state index >= 15 is 0 Å². The van der Waals surface area contributed by atoms with Crippen LogP contribution in [0.25, 0.3) is 0 Å². The number of aryl methyl sites for hydroxylation is 2. The summed E-state index contributed by atoms with van der Waals surface area (Å²) in [6, 6.07) is 14.5. The highest BCUT2D eigenvalue weighted by Crippen LogP contribution is 2.31. The van der Waals surface area contributed by atoms with Crippen molar-refractivity contribution < 1.29 is 19.1 Å². The van der Waals surface area contributed by atoms with Gasteiger partial charge in [-0.15, -0.1) is 0 Å². The summed E-state index contributed by atoms with van der Waals surface area (Å²) >= 11 is 6.46. The Kier molecular flexibility index (Phi) is 6.70. The molecule has 1 aliphatic heterocycles. The Bertz CT molecular complexity index is 1250. The lowest BCUT2D eigenvalue weighted by molar-refractivity contribution is -0.122. The van der Waals surface area contributed by atoms with Gasteiger partial charge in [-0.2, -0.15) is 5.10 Å². The van der Waals surface area contributed by atoms with Crippen molar-refractivity contribution >= 4 is 40.8 Å². The van der Waals surface area contributed by atoms with E-state index in [-0.39, 0.29) is 23.0 Å². The van der Waals surface area contributed by atoms with Crippen molar-refractivity contribution in [2.75, 3.05) is 16.8 Å². The van der Waals surface area contributed by atoms with E-state index in [9.17, 15) is 14.4 Å². The molecule has 0 spiro atoms. The van der Waals surface area contributed by atoms with Crippen LogP contribution in [0.15, 0.2) is 48.5 Å². The Morgan fingerprint density at radius 1 is 1.15 bits per heavy atom. The molecule has 176 valence electrons. The van der Waals surface area contributed by atoms with Crippen LogP contribution < -0.4 is 10.2 Å². The maximum Gasteiger partial charge on any atom is 0.343 e. The van der Waals surface area contributed by atoms with Crippen molar-refractivity contribution in [1.29, 1.82) is 0 Å². The average Bonchev–Trinajstić information content (AvgIpc) is 2.99. The smallest absolute Gasteiger partial charge is 0.343 e. The Morgan fingerprint density at radius 3 is 2.59 bits per heavy atom. The van der Waals surface area contributed by atoms with E-state index in [1.807, 2.05) is 31.2 Å². The normalized spacial score (nSPS) is 15.4. The highest BCUT2D eigenvalue weighted by Gasteiger charge is 2.31. The van der Waals surface area contributed by atoms with Gasteiger partial charge in [0.1, 0.15) is 10.7 Å². The summed E-state index contributed by atoms with van der Waals surface area (Å²) in [6.45, 7) is 5.35. The molecule has 1 atom stereocenters. The summed E-state index contributed by atoms with van der Waals surface area (Å²) in [7, 11) is 0. The molecule has 4 rings (SSSR count). The van der Waals surface area contributed by atoms with Gasteiger partial charge >= 0.3 is 5.97 Å². The molecule has 3 aromatic rings. The third kappa shape index (κ3) is 4.82. The number of rotatable bonds is 5. The zero-order valence-corrected chi connectivity index (χ0v) is 19.9. The van der Waals surface area contributed by atoms with Crippen LogP contribution in [0.1, 0.15) is 40.5 Å². The highest BCUT2D eigenvalue weighted by atomic mass is 35.5. The fraction of sp³-hybridized carbons (Fsp3) is 0.280. The Balaban J connectivity index is 1.48. The van der Waals surface area contributed by atoms with Gasteiger partial charge in [0.25, 0.3) is 5.91 Å². The zero-order valence-electron chi connectivity index (χ0n) is 19.2. The highest BCUT2D eigenvalue weighted by molar-refractivity contribution is 6.32.